The highest BCUT2D eigenvalue weighted by molar-refractivity contribution is 9.10. The SMILES string of the molecule is Cc1ccc(CNCCn2cnc(C)c(Br)c2=O)s1. The zero-order chi connectivity index (χ0) is 13.8. The van der Waals surface area contributed by atoms with Crippen LogP contribution >= 0.6 is 27.3 Å². The molecule has 0 aromatic carbocycles. The highest BCUT2D eigenvalue weighted by Gasteiger charge is 2.04. The molecule has 4 nitrogen and oxygen atoms in total. The minimum atomic E-state index is -0.0266. The number of rotatable bonds is 5. The zero-order valence-electron chi connectivity index (χ0n) is 10.9. The van der Waals surface area contributed by atoms with Crippen LogP contribution in [0.1, 0.15) is 15.4 Å². The Kier molecular flexibility index (Phi) is 4.90. The van der Waals surface area contributed by atoms with Gasteiger partial charge in [-0.2, -0.15) is 0 Å². The summed E-state index contributed by atoms with van der Waals surface area (Å²) in [4.78, 5) is 18.7. The van der Waals surface area contributed by atoms with Gasteiger partial charge < -0.3 is 5.32 Å². The molecule has 2 aromatic heterocycles. The van der Waals surface area contributed by atoms with Gasteiger partial charge in [-0.1, -0.05) is 0 Å². The van der Waals surface area contributed by atoms with E-state index < -0.39 is 0 Å². The first-order chi connectivity index (χ1) is 9.08. The molecule has 102 valence electrons. The van der Waals surface area contributed by atoms with Gasteiger partial charge in [0.05, 0.1) is 12.0 Å². The molecule has 0 bridgehead atoms. The fourth-order valence-electron chi connectivity index (χ4n) is 1.70. The summed E-state index contributed by atoms with van der Waals surface area (Å²) in [6.07, 6.45) is 1.60. The molecule has 19 heavy (non-hydrogen) atoms. The molecule has 2 aromatic rings. The smallest absolute Gasteiger partial charge is 0.267 e. The van der Waals surface area contributed by atoms with Gasteiger partial charge in [0.25, 0.3) is 5.56 Å². The summed E-state index contributed by atoms with van der Waals surface area (Å²) in [5.74, 6) is 0. The fourth-order valence-corrected chi connectivity index (χ4v) is 2.89. The second-order valence-corrected chi connectivity index (χ2v) is 6.50. The third-order valence-electron chi connectivity index (χ3n) is 2.78. The highest BCUT2D eigenvalue weighted by atomic mass is 79.9. The average Bonchev–Trinajstić information content (AvgIpc) is 2.80. The second-order valence-electron chi connectivity index (χ2n) is 4.33. The van der Waals surface area contributed by atoms with Crippen molar-refractivity contribution < 1.29 is 0 Å². The van der Waals surface area contributed by atoms with Crippen LogP contribution < -0.4 is 10.9 Å². The van der Waals surface area contributed by atoms with Crippen LogP contribution in [0.2, 0.25) is 0 Å². The first-order valence-corrected chi connectivity index (χ1v) is 7.66. The van der Waals surface area contributed by atoms with Crippen LogP contribution in [0.15, 0.2) is 27.7 Å². The maximum absolute atomic E-state index is 11.9. The van der Waals surface area contributed by atoms with Gasteiger partial charge in [0.2, 0.25) is 0 Å². The number of aromatic nitrogens is 2. The van der Waals surface area contributed by atoms with Gasteiger partial charge in [-0.25, -0.2) is 4.98 Å². The molecule has 1 N–H and O–H groups in total. The van der Waals surface area contributed by atoms with Gasteiger partial charge in [0.15, 0.2) is 0 Å². The number of hydrogen-bond donors (Lipinski definition) is 1. The van der Waals surface area contributed by atoms with Crippen LogP contribution in [-0.2, 0) is 13.1 Å². The Bertz CT molecular complexity index is 621. The van der Waals surface area contributed by atoms with Crippen molar-refractivity contribution in [1.29, 1.82) is 0 Å². The van der Waals surface area contributed by atoms with Gasteiger partial charge in [0.1, 0.15) is 4.47 Å². The molecule has 0 atom stereocenters. The van der Waals surface area contributed by atoms with E-state index in [0.29, 0.717) is 11.0 Å². The summed E-state index contributed by atoms with van der Waals surface area (Å²) in [5, 5.41) is 3.33. The van der Waals surface area contributed by atoms with Crippen molar-refractivity contribution in [3.05, 3.63) is 48.7 Å². The van der Waals surface area contributed by atoms with E-state index in [1.54, 1.807) is 22.2 Å². The van der Waals surface area contributed by atoms with Gasteiger partial charge in [-0.3, -0.25) is 9.36 Å². The van der Waals surface area contributed by atoms with Crippen molar-refractivity contribution in [1.82, 2.24) is 14.9 Å². The number of aryl methyl sites for hydroxylation is 2. The number of thiophene rings is 1. The predicted molar refractivity (Wildman–Crippen MR) is 81.7 cm³/mol. The lowest BCUT2D eigenvalue weighted by Gasteiger charge is -2.07. The van der Waals surface area contributed by atoms with E-state index in [-0.39, 0.29) is 5.56 Å². The van der Waals surface area contributed by atoms with Crippen LogP contribution in [-0.4, -0.2) is 16.1 Å². The summed E-state index contributed by atoms with van der Waals surface area (Å²) in [6.45, 7) is 6.12. The molecular formula is C13H16BrN3OS. The molecule has 0 aliphatic carbocycles. The van der Waals surface area contributed by atoms with Crippen LogP contribution in [0, 0.1) is 13.8 Å². The van der Waals surface area contributed by atoms with Gasteiger partial charge >= 0.3 is 0 Å². The quantitative estimate of drug-likeness (QED) is 0.850. The largest absolute Gasteiger partial charge is 0.310 e. The number of hydrogen-bond acceptors (Lipinski definition) is 4. The normalized spacial score (nSPS) is 10.9. The lowest BCUT2D eigenvalue weighted by atomic mass is 10.4. The Labute approximate surface area is 124 Å². The van der Waals surface area contributed by atoms with Crippen LogP contribution in [0.3, 0.4) is 0 Å². The van der Waals surface area contributed by atoms with Crippen molar-refractivity contribution in [3.8, 4) is 0 Å². The second kappa shape index (κ2) is 6.45. The van der Waals surface area contributed by atoms with Crippen molar-refractivity contribution in [2.24, 2.45) is 0 Å². The molecule has 0 unspecified atom stereocenters. The average molecular weight is 342 g/mol. The Morgan fingerprint density at radius 3 is 2.89 bits per heavy atom. The van der Waals surface area contributed by atoms with E-state index in [4.69, 9.17) is 0 Å². The standard InChI is InChI=1S/C13H16BrN3OS/c1-9-3-4-11(19-9)7-15-5-6-17-8-16-10(2)12(14)13(17)18/h3-4,8,15H,5-7H2,1-2H3. The van der Waals surface area contributed by atoms with E-state index in [9.17, 15) is 4.79 Å². The lowest BCUT2D eigenvalue weighted by Crippen LogP contribution is -2.27. The summed E-state index contributed by atoms with van der Waals surface area (Å²) in [7, 11) is 0. The molecule has 0 amide bonds. The van der Waals surface area contributed by atoms with Crippen molar-refractivity contribution in [2.45, 2.75) is 26.9 Å². The molecule has 0 radical (unpaired) electrons. The maximum atomic E-state index is 11.9. The van der Waals surface area contributed by atoms with E-state index >= 15 is 0 Å². The summed E-state index contributed by atoms with van der Waals surface area (Å²) >= 11 is 5.05. The van der Waals surface area contributed by atoms with Crippen LogP contribution in [0.5, 0.6) is 0 Å². The van der Waals surface area contributed by atoms with Crippen molar-refractivity contribution in [2.75, 3.05) is 6.54 Å². The Balaban J connectivity index is 1.86. The molecular weight excluding hydrogens is 326 g/mol. The maximum Gasteiger partial charge on any atom is 0.267 e. The predicted octanol–water partition coefficient (Wildman–Crippen LogP) is 2.47. The van der Waals surface area contributed by atoms with E-state index in [1.807, 2.05) is 6.92 Å². The molecule has 0 aliphatic heterocycles. The molecule has 0 fully saturated rings. The van der Waals surface area contributed by atoms with Gasteiger partial charge in [-0.15, -0.1) is 11.3 Å². The zero-order valence-corrected chi connectivity index (χ0v) is 13.3. The first kappa shape index (κ1) is 14.4. The Morgan fingerprint density at radius 2 is 2.21 bits per heavy atom. The topological polar surface area (TPSA) is 46.9 Å². The first-order valence-electron chi connectivity index (χ1n) is 6.05. The van der Waals surface area contributed by atoms with E-state index in [1.165, 1.54) is 9.75 Å². The van der Waals surface area contributed by atoms with Gasteiger partial charge in [0, 0.05) is 29.4 Å². The monoisotopic (exact) mass is 341 g/mol. The molecule has 0 saturated carbocycles. The lowest BCUT2D eigenvalue weighted by molar-refractivity contribution is 0.577. The van der Waals surface area contributed by atoms with Gasteiger partial charge in [-0.05, 0) is 41.9 Å². The third-order valence-corrected chi connectivity index (χ3v) is 4.70. The Morgan fingerprint density at radius 1 is 1.42 bits per heavy atom. The highest BCUT2D eigenvalue weighted by Crippen LogP contribution is 2.14. The van der Waals surface area contributed by atoms with Crippen LogP contribution in [0.25, 0.3) is 0 Å². The molecule has 2 heterocycles. The fraction of sp³-hybridized carbons (Fsp3) is 0.385. The number of halogens is 1. The summed E-state index contributed by atoms with van der Waals surface area (Å²) in [6, 6.07) is 4.25. The number of nitrogens with zero attached hydrogens (tertiary/aromatic N) is 2. The summed E-state index contributed by atoms with van der Waals surface area (Å²) < 4.78 is 2.16. The van der Waals surface area contributed by atoms with E-state index in [0.717, 1.165) is 18.8 Å². The van der Waals surface area contributed by atoms with Crippen molar-refractivity contribution >= 4 is 27.3 Å². The summed E-state index contributed by atoms with van der Waals surface area (Å²) in [5.41, 5.74) is 0.699. The van der Waals surface area contributed by atoms with Crippen molar-refractivity contribution in [3.63, 3.8) is 0 Å². The molecule has 0 saturated heterocycles. The van der Waals surface area contributed by atoms with Crippen LogP contribution in [0.4, 0.5) is 0 Å². The minimum absolute atomic E-state index is 0.0266. The molecule has 2 rings (SSSR count). The van der Waals surface area contributed by atoms with E-state index in [2.05, 4.69) is 45.3 Å². The molecule has 0 spiro atoms. The minimum Gasteiger partial charge on any atom is -0.310 e. The molecule has 6 heteroatoms. The number of nitrogens with one attached hydrogen (secondary N) is 1. The Hall–Kier alpha value is -0.980. The third kappa shape index (κ3) is 3.75. The molecule has 0 aliphatic rings.